The molecule has 0 atom stereocenters. The summed E-state index contributed by atoms with van der Waals surface area (Å²) in [6, 6.07) is 7.48. The molecule has 2 amide bonds. The van der Waals surface area contributed by atoms with Crippen LogP contribution in [-0.2, 0) is 20.9 Å². The molecule has 1 saturated carbocycles. The number of aliphatic carboxylic acids is 1. The van der Waals surface area contributed by atoms with Crippen molar-refractivity contribution in [3.63, 3.8) is 0 Å². The van der Waals surface area contributed by atoms with Gasteiger partial charge in [0, 0.05) is 23.0 Å². The van der Waals surface area contributed by atoms with Crippen molar-refractivity contribution in [2.45, 2.75) is 19.4 Å². The average Bonchev–Trinajstić information content (AvgIpc) is 3.34. The third-order valence-corrected chi connectivity index (χ3v) is 5.03. The molecule has 25 heavy (non-hydrogen) atoms. The molecule has 0 bridgehead atoms. The molecular weight excluding hydrogens is 392 g/mol. The first-order valence-electron chi connectivity index (χ1n) is 7.80. The number of hydrogen-bond donors (Lipinski definition) is 3. The highest BCUT2D eigenvalue weighted by molar-refractivity contribution is 9.10. The molecular formula is C17H17BrN2O5. The number of carboxylic acid groups (broad SMARTS) is 1. The second kappa shape index (κ2) is 6.51. The van der Waals surface area contributed by atoms with Crippen LogP contribution in [0.2, 0.25) is 0 Å². The standard InChI is InChI=1S/C17H17BrN2O5/c18-11-3-1-10(2-4-11)8-20-9-17(5-6-17)14(23)13(16(20)25)15(24)19-7-12(21)22/h1-4,23H,5-9H2,(H,19,24)(H,21,22). The van der Waals surface area contributed by atoms with E-state index in [1.165, 1.54) is 4.90 Å². The van der Waals surface area contributed by atoms with Crippen LogP contribution < -0.4 is 5.32 Å². The fraction of sp³-hybridized carbons (Fsp3) is 0.353. The zero-order valence-corrected chi connectivity index (χ0v) is 14.9. The second-order valence-corrected chi connectivity index (χ2v) is 7.28. The highest BCUT2D eigenvalue weighted by atomic mass is 79.9. The number of amides is 2. The Hall–Kier alpha value is -2.35. The third-order valence-electron chi connectivity index (χ3n) is 4.50. The van der Waals surface area contributed by atoms with Gasteiger partial charge in [0.05, 0.1) is 0 Å². The van der Waals surface area contributed by atoms with Gasteiger partial charge in [-0.3, -0.25) is 14.4 Å². The van der Waals surface area contributed by atoms with Gasteiger partial charge in [-0.2, -0.15) is 0 Å². The zero-order valence-electron chi connectivity index (χ0n) is 13.3. The van der Waals surface area contributed by atoms with Gasteiger partial charge in [-0.25, -0.2) is 0 Å². The molecule has 3 rings (SSSR count). The molecule has 0 radical (unpaired) electrons. The van der Waals surface area contributed by atoms with Gasteiger partial charge in [0.2, 0.25) is 0 Å². The van der Waals surface area contributed by atoms with Crippen LogP contribution >= 0.6 is 15.9 Å². The summed E-state index contributed by atoms with van der Waals surface area (Å²) >= 11 is 3.35. The van der Waals surface area contributed by atoms with Crippen molar-refractivity contribution in [3.8, 4) is 0 Å². The minimum absolute atomic E-state index is 0.215. The molecule has 1 aliphatic carbocycles. The molecule has 0 unspecified atom stereocenters. The predicted molar refractivity (Wildman–Crippen MR) is 91.5 cm³/mol. The van der Waals surface area contributed by atoms with Crippen molar-refractivity contribution in [2.24, 2.45) is 5.41 Å². The number of nitrogens with zero attached hydrogens (tertiary/aromatic N) is 1. The van der Waals surface area contributed by atoms with Crippen LogP contribution in [0.5, 0.6) is 0 Å². The highest BCUT2D eigenvalue weighted by Crippen LogP contribution is 2.54. The lowest BCUT2D eigenvalue weighted by atomic mass is 9.92. The van der Waals surface area contributed by atoms with Crippen LogP contribution in [0.3, 0.4) is 0 Å². The summed E-state index contributed by atoms with van der Waals surface area (Å²) in [5.41, 5.74) is -0.0137. The molecule has 8 heteroatoms. The number of rotatable bonds is 5. The Kier molecular flexibility index (Phi) is 4.55. The Morgan fingerprint density at radius 3 is 2.44 bits per heavy atom. The monoisotopic (exact) mass is 408 g/mol. The summed E-state index contributed by atoms with van der Waals surface area (Å²) in [4.78, 5) is 37.1. The van der Waals surface area contributed by atoms with Crippen molar-refractivity contribution in [1.82, 2.24) is 10.2 Å². The van der Waals surface area contributed by atoms with Crippen LogP contribution in [0.15, 0.2) is 40.1 Å². The molecule has 1 heterocycles. The van der Waals surface area contributed by atoms with Crippen molar-refractivity contribution in [2.75, 3.05) is 13.1 Å². The number of aliphatic hydroxyl groups is 1. The number of hydrogen-bond acceptors (Lipinski definition) is 4. The summed E-state index contributed by atoms with van der Waals surface area (Å²) in [6.45, 7) is 0.0584. The maximum absolute atomic E-state index is 12.7. The Morgan fingerprint density at radius 1 is 1.24 bits per heavy atom. The molecule has 132 valence electrons. The lowest BCUT2D eigenvalue weighted by molar-refractivity contribution is -0.139. The Balaban J connectivity index is 1.84. The topological polar surface area (TPSA) is 107 Å². The summed E-state index contributed by atoms with van der Waals surface area (Å²) in [6.07, 6.45) is 1.39. The fourth-order valence-corrected chi connectivity index (χ4v) is 3.23. The van der Waals surface area contributed by atoms with Crippen molar-refractivity contribution in [1.29, 1.82) is 0 Å². The van der Waals surface area contributed by atoms with E-state index < -0.39 is 29.7 Å². The maximum Gasteiger partial charge on any atom is 0.322 e. The fourth-order valence-electron chi connectivity index (χ4n) is 2.97. The first kappa shape index (κ1) is 17.5. The Bertz CT molecular complexity index is 768. The summed E-state index contributed by atoms with van der Waals surface area (Å²) in [5, 5.41) is 21.2. The third kappa shape index (κ3) is 3.53. The van der Waals surface area contributed by atoms with Gasteiger partial charge in [0.25, 0.3) is 11.8 Å². The second-order valence-electron chi connectivity index (χ2n) is 6.37. The molecule has 0 aromatic heterocycles. The number of carbonyl (C=O) groups excluding carboxylic acids is 2. The number of halogens is 1. The summed E-state index contributed by atoms with van der Waals surface area (Å²) in [7, 11) is 0. The molecule has 1 aliphatic heterocycles. The SMILES string of the molecule is O=C(O)CNC(=O)C1=C(O)C2(CC2)CN(Cc2ccc(Br)cc2)C1=O. The van der Waals surface area contributed by atoms with E-state index in [4.69, 9.17) is 5.11 Å². The van der Waals surface area contributed by atoms with Gasteiger partial charge in [-0.1, -0.05) is 28.1 Å². The molecule has 7 nitrogen and oxygen atoms in total. The van der Waals surface area contributed by atoms with Crippen molar-refractivity contribution < 1.29 is 24.6 Å². The zero-order chi connectivity index (χ0) is 18.2. The maximum atomic E-state index is 12.7. The largest absolute Gasteiger partial charge is 0.511 e. The molecule has 0 saturated heterocycles. The van der Waals surface area contributed by atoms with Crippen LogP contribution in [0.25, 0.3) is 0 Å². The molecule has 3 N–H and O–H groups in total. The van der Waals surface area contributed by atoms with E-state index in [9.17, 15) is 19.5 Å². The lowest BCUT2D eigenvalue weighted by Gasteiger charge is -2.33. The average molecular weight is 409 g/mol. The van der Waals surface area contributed by atoms with Crippen LogP contribution in [0.4, 0.5) is 0 Å². The lowest BCUT2D eigenvalue weighted by Crippen LogP contribution is -2.47. The number of carboxylic acids is 1. The summed E-state index contributed by atoms with van der Waals surface area (Å²) < 4.78 is 0.922. The number of benzene rings is 1. The van der Waals surface area contributed by atoms with E-state index in [1.807, 2.05) is 24.3 Å². The Labute approximate surface area is 152 Å². The van der Waals surface area contributed by atoms with Crippen molar-refractivity contribution >= 4 is 33.7 Å². The van der Waals surface area contributed by atoms with E-state index in [0.717, 1.165) is 10.0 Å². The van der Waals surface area contributed by atoms with Crippen molar-refractivity contribution in [3.05, 3.63) is 45.6 Å². The van der Waals surface area contributed by atoms with Crippen LogP contribution in [0.1, 0.15) is 18.4 Å². The van der Waals surface area contributed by atoms with Gasteiger partial charge >= 0.3 is 5.97 Å². The number of nitrogens with one attached hydrogen (secondary N) is 1. The highest BCUT2D eigenvalue weighted by Gasteiger charge is 2.54. The minimum Gasteiger partial charge on any atom is -0.511 e. The molecule has 2 aliphatic rings. The van der Waals surface area contributed by atoms with Gasteiger partial charge < -0.3 is 20.4 Å². The molecule has 1 aromatic rings. The van der Waals surface area contributed by atoms with Crippen LogP contribution in [-0.4, -0.2) is 46.0 Å². The molecule has 1 fully saturated rings. The van der Waals surface area contributed by atoms with Gasteiger partial charge in [0.15, 0.2) is 0 Å². The summed E-state index contributed by atoms with van der Waals surface area (Å²) in [5.74, 6) is -2.87. The van der Waals surface area contributed by atoms with E-state index >= 15 is 0 Å². The van der Waals surface area contributed by atoms with Gasteiger partial charge in [-0.05, 0) is 30.5 Å². The van der Waals surface area contributed by atoms with E-state index in [2.05, 4.69) is 21.2 Å². The molecule has 1 spiro atoms. The number of carbonyl (C=O) groups is 3. The van der Waals surface area contributed by atoms with Crippen LogP contribution in [0, 0.1) is 5.41 Å². The minimum atomic E-state index is -1.22. The first-order chi connectivity index (χ1) is 11.8. The van der Waals surface area contributed by atoms with Gasteiger partial charge in [0.1, 0.15) is 17.9 Å². The van der Waals surface area contributed by atoms with E-state index in [0.29, 0.717) is 25.9 Å². The number of aliphatic hydroxyl groups excluding tert-OH is 1. The normalized spacial score (nSPS) is 18.4. The van der Waals surface area contributed by atoms with Gasteiger partial charge in [-0.15, -0.1) is 0 Å². The van der Waals surface area contributed by atoms with E-state index in [1.54, 1.807) is 0 Å². The quantitative estimate of drug-likeness (QED) is 0.641. The first-order valence-corrected chi connectivity index (χ1v) is 8.59. The smallest absolute Gasteiger partial charge is 0.322 e. The van der Waals surface area contributed by atoms with E-state index in [-0.39, 0.29) is 11.3 Å². The Morgan fingerprint density at radius 2 is 1.88 bits per heavy atom. The predicted octanol–water partition coefficient (Wildman–Crippen LogP) is 1.58. The molecule has 1 aromatic carbocycles.